The first-order valence-electron chi connectivity index (χ1n) is 9.25. The summed E-state index contributed by atoms with van der Waals surface area (Å²) in [6.07, 6.45) is 4.50. The molecule has 1 nitrogen and oxygen atoms in total. The molecule has 0 amide bonds. The van der Waals surface area contributed by atoms with Crippen LogP contribution in [0.4, 0.5) is 0 Å². The second-order valence-corrected chi connectivity index (χ2v) is 6.46. The number of unbranched alkanes of at least 4 members (excludes halogenated alkanes) is 1. The number of benzene rings is 2. The van der Waals surface area contributed by atoms with E-state index in [0.29, 0.717) is 0 Å². The molecule has 0 aliphatic heterocycles. The lowest BCUT2D eigenvalue weighted by molar-refractivity contribution is 0.737. The summed E-state index contributed by atoms with van der Waals surface area (Å²) < 4.78 is 0. The highest BCUT2D eigenvalue weighted by molar-refractivity contribution is 6.14. The predicted octanol–water partition coefficient (Wildman–Crippen LogP) is 7.27. The third kappa shape index (κ3) is 9.66. The fraction of sp³-hybridized carbons (Fsp3) is 0.375. The van der Waals surface area contributed by atoms with Gasteiger partial charge in [-0.05, 0) is 11.5 Å². The van der Waals surface area contributed by atoms with E-state index in [-0.39, 0.29) is 0 Å². The van der Waals surface area contributed by atoms with Crippen LogP contribution in [0.1, 0.15) is 64.2 Å². The maximum absolute atomic E-state index is 4.41. The molecule has 0 radical (unpaired) electrons. The van der Waals surface area contributed by atoms with Gasteiger partial charge in [0.25, 0.3) is 0 Å². The molecule has 0 fully saturated rings. The minimum Gasteiger partial charge on any atom is -0.287 e. The van der Waals surface area contributed by atoms with Gasteiger partial charge in [0.05, 0.1) is 5.71 Å². The Morgan fingerprint density at radius 3 is 1.84 bits per heavy atom. The van der Waals surface area contributed by atoms with Crippen molar-refractivity contribution < 1.29 is 0 Å². The minimum absolute atomic E-state index is 0.833. The molecule has 0 saturated heterocycles. The number of hydrogen-bond donors (Lipinski definition) is 0. The van der Waals surface area contributed by atoms with E-state index in [1.807, 2.05) is 43.5 Å². The van der Waals surface area contributed by atoms with Crippen LogP contribution < -0.4 is 0 Å². The maximum Gasteiger partial charge on any atom is 0.0721 e. The zero-order valence-corrected chi connectivity index (χ0v) is 16.9. The van der Waals surface area contributed by atoms with Gasteiger partial charge in [-0.2, -0.15) is 0 Å². The normalized spacial score (nSPS) is 10.3. The van der Waals surface area contributed by atoms with Crippen molar-refractivity contribution in [3.05, 3.63) is 77.9 Å². The number of aliphatic imine (C=N–C) groups is 1. The smallest absolute Gasteiger partial charge is 0.0721 e. The van der Waals surface area contributed by atoms with Crippen LogP contribution in [0.5, 0.6) is 0 Å². The van der Waals surface area contributed by atoms with Crippen molar-refractivity contribution in [3.8, 4) is 0 Å². The highest BCUT2D eigenvalue weighted by atomic mass is 14.7. The van der Waals surface area contributed by atoms with Crippen molar-refractivity contribution in [2.75, 3.05) is 7.05 Å². The molecule has 0 aromatic heterocycles. The summed E-state index contributed by atoms with van der Waals surface area (Å²) in [4.78, 5) is 4.41. The summed E-state index contributed by atoms with van der Waals surface area (Å²) >= 11 is 0. The van der Waals surface area contributed by atoms with Gasteiger partial charge in [0.2, 0.25) is 0 Å². The Hall–Kier alpha value is -2.15. The summed E-state index contributed by atoms with van der Waals surface area (Å²) in [6.45, 7) is 14.7. The van der Waals surface area contributed by atoms with Gasteiger partial charge in [-0.15, -0.1) is 0 Å². The molecule has 0 bridgehead atoms. The van der Waals surface area contributed by atoms with Crippen molar-refractivity contribution in [3.63, 3.8) is 0 Å². The van der Waals surface area contributed by atoms with E-state index in [9.17, 15) is 0 Å². The first kappa shape index (κ1) is 22.9. The average Bonchev–Trinajstić information content (AvgIpc) is 2.63. The molecule has 0 aliphatic rings. The van der Waals surface area contributed by atoms with Gasteiger partial charge in [-0.3, -0.25) is 4.99 Å². The molecule has 2 rings (SSSR count). The van der Waals surface area contributed by atoms with Crippen LogP contribution >= 0.6 is 0 Å². The highest BCUT2D eigenvalue weighted by Crippen LogP contribution is 2.16. The standard InChI is InChI=1S/C16H15N.2C4H10/c1-3-13-9-7-8-12-15(13)16(17-2)14-10-5-4-6-11-14;1-4(2)3;1-3-4-2/h3-12H,1H2,2H3;4H,1-3H3;3-4H2,1-2H3. The molecule has 136 valence electrons. The van der Waals surface area contributed by atoms with E-state index < -0.39 is 0 Å². The Morgan fingerprint density at radius 2 is 1.40 bits per heavy atom. The van der Waals surface area contributed by atoms with Gasteiger partial charge in [-0.25, -0.2) is 0 Å². The van der Waals surface area contributed by atoms with E-state index in [1.165, 1.54) is 12.8 Å². The number of rotatable bonds is 4. The fourth-order valence-corrected chi connectivity index (χ4v) is 1.89. The molecule has 1 heteroatoms. The Labute approximate surface area is 155 Å². The molecule has 2 aromatic rings. The molecule has 0 N–H and O–H groups in total. The summed E-state index contributed by atoms with van der Waals surface area (Å²) in [6, 6.07) is 18.4. The lowest BCUT2D eigenvalue weighted by Crippen LogP contribution is -2.04. The maximum atomic E-state index is 4.41. The average molecular weight is 338 g/mol. The van der Waals surface area contributed by atoms with E-state index >= 15 is 0 Å². The van der Waals surface area contributed by atoms with Crippen molar-refractivity contribution in [2.45, 2.75) is 47.5 Å². The Balaban J connectivity index is 0.000000609. The number of nitrogens with zero attached hydrogens (tertiary/aromatic N) is 1. The summed E-state index contributed by atoms with van der Waals surface area (Å²) in [5.41, 5.74) is 4.36. The predicted molar refractivity (Wildman–Crippen MR) is 116 cm³/mol. The minimum atomic E-state index is 0.833. The van der Waals surface area contributed by atoms with Crippen LogP contribution in [0, 0.1) is 5.92 Å². The van der Waals surface area contributed by atoms with E-state index in [0.717, 1.165) is 28.3 Å². The van der Waals surface area contributed by atoms with Crippen LogP contribution in [0.15, 0.2) is 66.2 Å². The van der Waals surface area contributed by atoms with Crippen molar-refractivity contribution in [1.29, 1.82) is 0 Å². The molecular weight excluding hydrogens is 302 g/mol. The topological polar surface area (TPSA) is 12.4 Å². The molecule has 0 atom stereocenters. The third-order valence-corrected chi connectivity index (χ3v) is 3.21. The monoisotopic (exact) mass is 337 g/mol. The van der Waals surface area contributed by atoms with Crippen LogP contribution in [-0.4, -0.2) is 12.8 Å². The largest absolute Gasteiger partial charge is 0.287 e. The quantitative estimate of drug-likeness (QED) is 0.520. The third-order valence-electron chi connectivity index (χ3n) is 3.21. The summed E-state index contributed by atoms with van der Waals surface area (Å²) in [5.74, 6) is 0.833. The van der Waals surface area contributed by atoms with Gasteiger partial charge >= 0.3 is 0 Å². The van der Waals surface area contributed by atoms with E-state index in [4.69, 9.17) is 0 Å². The van der Waals surface area contributed by atoms with Crippen LogP contribution in [0.25, 0.3) is 6.08 Å². The van der Waals surface area contributed by atoms with Crippen LogP contribution in [0.3, 0.4) is 0 Å². The molecular formula is C24H35N. The first-order chi connectivity index (χ1) is 12.0. The lowest BCUT2D eigenvalue weighted by Gasteiger charge is -2.09. The highest BCUT2D eigenvalue weighted by Gasteiger charge is 2.08. The Kier molecular flexibility index (Phi) is 13.0. The lowest BCUT2D eigenvalue weighted by atomic mass is 9.97. The molecule has 2 aromatic carbocycles. The van der Waals surface area contributed by atoms with Gasteiger partial charge in [0.1, 0.15) is 0 Å². The first-order valence-corrected chi connectivity index (χ1v) is 9.25. The van der Waals surface area contributed by atoms with Crippen LogP contribution in [0.2, 0.25) is 0 Å². The van der Waals surface area contributed by atoms with E-state index in [1.54, 1.807) is 0 Å². The summed E-state index contributed by atoms with van der Waals surface area (Å²) in [7, 11) is 1.82. The molecule has 0 heterocycles. The molecule has 0 aliphatic carbocycles. The SMILES string of the molecule is C=Cc1ccccc1C(=NC)c1ccccc1.CC(C)C.CCCC. The van der Waals surface area contributed by atoms with E-state index in [2.05, 4.69) is 70.5 Å². The second kappa shape index (κ2) is 14.2. The molecule has 0 saturated carbocycles. The van der Waals surface area contributed by atoms with Gasteiger partial charge in [0.15, 0.2) is 0 Å². The van der Waals surface area contributed by atoms with Gasteiger partial charge in [-0.1, -0.05) is 115 Å². The van der Waals surface area contributed by atoms with Crippen molar-refractivity contribution in [1.82, 2.24) is 0 Å². The Bertz CT molecular complexity index is 604. The van der Waals surface area contributed by atoms with Crippen molar-refractivity contribution in [2.24, 2.45) is 10.9 Å². The van der Waals surface area contributed by atoms with Crippen molar-refractivity contribution >= 4 is 11.8 Å². The zero-order chi connectivity index (χ0) is 19.1. The number of hydrogen-bond acceptors (Lipinski definition) is 1. The molecule has 0 unspecified atom stereocenters. The van der Waals surface area contributed by atoms with Gasteiger partial charge < -0.3 is 0 Å². The molecule has 0 spiro atoms. The van der Waals surface area contributed by atoms with Crippen LogP contribution in [-0.2, 0) is 0 Å². The zero-order valence-electron chi connectivity index (χ0n) is 16.9. The fourth-order valence-electron chi connectivity index (χ4n) is 1.89. The molecule has 25 heavy (non-hydrogen) atoms. The second-order valence-electron chi connectivity index (χ2n) is 6.46. The Morgan fingerprint density at radius 1 is 0.920 bits per heavy atom. The summed E-state index contributed by atoms with van der Waals surface area (Å²) in [5, 5.41) is 0. The van der Waals surface area contributed by atoms with Gasteiger partial charge in [0, 0.05) is 18.2 Å².